The molecule has 0 aliphatic heterocycles. The van der Waals surface area contributed by atoms with E-state index in [9.17, 15) is 4.79 Å². The number of aryl methyl sites for hydroxylation is 2. The van der Waals surface area contributed by atoms with E-state index < -0.39 is 0 Å². The van der Waals surface area contributed by atoms with Gasteiger partial charge < -0.3 is 20.7 Å². The van der Waals surface area contributed by atoms with Crippen molar-refractivity contribution in [2.45, 2.75) is 20.8 Å². The Kier molecular flexibility index (Phi) is 5.74. The van der Waals surface area contributed by atoms with Gasteiger partial charge in [0.15, 0.2) is 0 Å². The molecule has 0 aliphatic carbocycles. The summed E-state index contributed by atoms with van der Waals surface area (Å²) < 4.78 is 5.42. The van der Waals surface area contributed by atoms with Gasteiger partial charge in [-0.15, -0.1) is 0 Å². The summed E-state index contributed by atoms with van der Waals surface area (Å²) in [6.07, 6.45) is 0. The number of methoxy groups -OCH3 is 1. The van der Waals surface area contributed by atoms with E-state index in [-0.39, 0.29) is 5.91 Å². The third-order valence-corrected chi connectivity index (χ3v) is 3.91. The lowest BCUT2D eigenvalue weighted by molar-refractivity contribution is -0.114. The fraction of sp³-hybridized carbons (Fsp3) is 0.190. The molecule has 1 aromatic heterocycles. The van der Waals surface area contributed by atoms with Gasteiger partial charge >= 0.3 is 0 Å². The molecule has 0 fully saturated rings. The number of hydrogen-bond acceptors (Lipinski definition) is 6. The van der Waals surface area contributed by atoms with Crippen LogP contribution in [-0.4, -0.2) is 23.0 Å². The quantitative estimate of drug-likeness (QED) is 0.584. The predicted octanol–water partition coefficient (Wildman–Crippen LogP) is 4.55. The molecule has 3 N–H and O–H groups in total. The number of amides is 1. The summed E-state index contributed by atoms with van der Waals surface area (Å²) in [5.41, 5.74) is 4.23. The van der Waals surface area contributed by atoms with E-state index in [0.717, 1.165) is 28.4 Å². The van der Waals surface area contributed by atoms with Gasteiger partial charge in [0.25, 0.3) is 0 Å². The molecule has 0 unspecified atom stereocenters. The van der Waals surface area contributed by atoms with Crippen LogP contribution in [0.2, 0.25) is 0 Å². The van der Waals surface area contributed by atoms with Gasteiger partial charge in [0.1, 0.15) is 11.6 Å². The molecule has 7 heteroatoms. The molecule has 0 aliphatic rings. The van der Waals surface area contributed by atoms with Crippen LogP contribution in [0.3, 0.4) is 0 Å². The van der Waals surface area contributed by atoms with Crippen molar-refractivity contribution in [3.8, 4) is 5.75 Å². The van der Waals surface area contributed by atoms with E-state index in [1.165, 1.54) is 6.92 Å². The summed E-state index contributed by atoms with van der Waals surface area (Å²) in [5, 5.41) is 9.23. The predicted molar refractivity (Wildman–Crippen MR) is 112 cm³/mol. The average molecular weight is 377 g/mol. The highest BCUT2D eigenvalue weighted by molar-refractivity contribution is 5.89. The van der Waals surface area contributed by atoms with Gasteiger partial charge in [0, 0.05) is 30.1 Å². The topological polar surface area (TPSA) is 88.2 Å². The van der Waals surface area contributed by atoms with Gasteiger partial charge in [-0.3, -0.25) is 4.79 Å². The molecule has 0 bridgehead atoms. The average Bonchev–Trinajstić information content (AvgIpc) is 2.61. The highest BCUT2D eigenvalue weighted by Gasteiger charge is 2.08. The second-order valence-electron chi connectivity index (χ2n) is 6.43. The highest BCUT2D eigenvalue weighted by atomic mass is 16.5. The Labute approximate surface area is 164 Å². The van der Waals surface area contributed by atoms with Gasteiger partial charge in [0.05, 0.1) is 12.8 Å². The van der Waals surface area contributed by atoms with E-state index in [2.05, 4.69) is 25.9 Å². The first kappa shape index (κ1) is 19.2. The lowest BCUT2D eigenvalue weighted by Gasteiger charge is -2.13. The number of anilines is 5. The van der Waals surface area contributed by atoms with Crippen molar-refractivity contribution in [2.24, 2.45) is 0 Å². The Hall–Kier alpha value is -3.61. The molecule has 144 valence electrons. The second-order valence-corrected chi connectivity index (χ2v) is 6.43. The first-order valence-electron chi connectivity index (χ1n) is 8.85. The normalized spacial score (nSPS) is 10.3. The number of rotatable bonds is 6. The molecular formula is C21H23N5O2. The van der Waals surface area contributed by atoms with Gasteiger partial charge in [-0.05, 0) is 49.7 Å². The molecule has 0 radical (unpaired) electrons. The number of hydrogen-bond donors (Lipinski definition) is 3. The van der Waals surface area contributed by atoms with Crippen molar-refractivity contribution < 1.29 is 9.53 Å². The van der Waals surface area contributed by atoms with E-state index in [1.54, 1.807) is 7.11 Å². The Bertz CT molecular complexity index is 1000. The van der Waals surface area contributed by atoms with Gasteiger partial charge in [-0.2, -0.15) is 4.98 Å². The Morgan fingerprint density at radius 3 is 2.50 bits per heavy atom. The standard InChI is InChI=1S/C21H23N5O2/c1-13-8-9-19(28-4)18(10-13)25-20-11-14(2)22-21(26-20)24-17-7-5-6-16(12-17)23-15(3)27/h5-12H,1-4H3,(H,23,27)(H2,22,24,25,26). The summed E-state index contributed by atoms with van der Waals surface area (Å²) in [4.78, 5) is 20.2. The monoisotopic (exact) mass is 377 g/mol. The van der Waals surface area contributed by atoms with Crippen LogP contribution >= 0.6 is 0 Å². The maximum atomic E-state index is 11.2. The van der Waals surface area contributed by atoms with Crippen LogP contribution in [0.25, 0.3) is 0 Å². The third kappa shape index (κ3) is 4.97. The lowest BCUT2D eigenvalue weighted by atomic mass is 10.2. The first-order chi connectivity index (χ1) is 13.4. The van der Waals surface area contributed by atoms with Crippen molar-refractivity contribution in [3.05, 3.63) is 59.8 Å². The zero-order valence-corrected chi connectivity index (χ0v) is 16.3. The smallest absolute Gasteiger partial charge is 0.229 e. The SMILES string of the molecule is COc1ccc(C)cc1Nc1cc(C)nc(Nc2cccc(NC(C)=O)c2)n1. The number of nitrogens with zero attached hydrogens (tertiary/aromatic N) is 2. The Morgan fingerprint density at radius 1 is 0.964 bits per heavy atom. The molecule has 0 saturated heterocycles. The molecule has 7 nitrogen and oxygen atoms in total. The van der Waals surface area contributed by atoms with E-state index in [0.29, 0.717) is 17.5 Å². The molecule has 2 aromatic carbocycles. The van der Waals surface area contributed by atoms with Crippen LogP contribution < -0.4 is 20.7 Å². The van der Waals surface area contributed by atoms with Crippen molar-refractivity contribution in [3.63, 3.8) is 0 Å². The molecule has 3 rings (SSSR count). The number of carbonyl (C=O) groups excluding carboxylic acids is 1. The van der Waals surface area contributed by atoms with Crippen LogP contribution in [0.4, 0.5) is 28.8 Å². The summed E-state index contributed by atoms with van der Waals surface area (Å²) in [7, 11) is 1.64. The zero-order chi connectivity index (χ0) is 20.1. The minimum Gasteiger partial charge on any atom is -0.495 e. The molecule has 0 saturated carbocycles. The maximum Gasteiger partial charge on any atom is 0.229 e. The van der Waals surface area contributed by atoms with Crippen molar-refractivity contribution in [1.82, 2.24) is 9.97 Å². The van der Waals surface area contributed by atoms with Crippen LogP contribution in [0.1, 0.15) is 18.2 Å². The molecule has 1 heterocycles. The van der Waals surface area contributed by atoms with E-state index in [4.69, 9.17) is 4.74 Å². The first-order valence-corrected chi connectivity index (χ1v) is 8.85. The molecule has 28 heavy (non-hydrogen) atoms. The van der Waals surface area contributed by atoms with Gasteiger partial charge in [0.2, 0.25) is 11.9 Å². The van der Waals surface area contributed by atoms with Crippen LogP contribution in [0.5, 0.6) is 5.75 Å². The third-order valence-electron chi connectivity index (χ3n) is 3.91. The largest absolute Gasteiger partial charge is 0.495 e. The van der Waals surface area contributed by atoms with Crippen molar-refractivity contribution in [1.29, 1.82) is 0 Å². The number of benzene rings is 2. The Morgan fingerprint density at radius 2 is 1.75 bits per heavy atom. The summed E-state index contributed by atoms with van der Waals surface area (Å²) in [6.45, 7) is 5.39. The molecule has 3 aromatic rings. The molecule has 1 amide bonds. The minimum atomic E-state index is -0.123. The van der Waals surface area contributed by atoms with Gasteiger partial charge in [-0.1, -0.05) is 12.1 Å². The van der Waals surface area contributed by atoms with E-state index in [1.807, 2.05) is 62.4 Å². The summed E-state index contributed by atoms with van der Waals surface area (Å²) in [5.74, 6) is 1.72. The van der Waals surface area contributed by atoms with Crippen molar-refractivity contribution >= 4 is 34.7 Å². The summed E-state index contributed by atoms with van der Waals surface area (Å²) in [6, 6.07) is 15.1. The molecular weight excluding hydrogens is 354 g/mol. The van der Waals surface area contributed by atoms with Crippen LogP contribution in [0.15, 0.2) is 48.5 Å². The zero-order valence-electron chi connectivity index (χ0n) is 16.3. The lowest BCUT2D eigenvalue weighted by Crippen LogP contribution is -2.06. The second kappa shape index (κ2) is 8.39. The highest BCUT2D eigenvalue weighted by Crippen LogP contribution is 2.28. The van der Waals surface area contributed by atoms with Crippen LogP contribution in [-0.2, 0) is 4.79 Å². The maximum absolute atomic E-state index is 11.2. The summed E-state index contributed by atoms with van der Waals surface area (Å²) >= 11 is 0. The molecule has 0 spiro atoms. The fourth-order valence-electron chi connectivity index (χ4n) is 2.75. The number of nitrogens with one attached hydrogen (secondary N) is 3. The fourth-order valence-corrected chi connectivity index (χ4v) is 2.75. The number of carbonyl (C=O) groups is 1. The Balaban J connectivity index is 1.84. The minimum absolute atomic E-state index is 0.123. The number of aromatic nitrogens is 2. The van der Waals surface area contributed by atoms with Crippen molar-refractivity contribution in [2.75, 3.05) is 23.1 Å². The van der Waals surface area contributed by atoms with Gasteiger partial charge in [-0.25, -0.2) is 4.98 Å². The number of ether oxygens (including phenoxy) is 1. The van der Waals surface area contributed by atoms with E-state index >= 15 is 0 Å². The molecule has 0 atom stereocenters. The van der Waals surface area contributed by atoms with Crippen LogP contribution in [0, 0.1) is 13.8 Å².